The highest BCUT2D eigenvalue weighted by Crippen LogP contribution is 2.30. The van der Waals surface area contributed by atoms with Crippen molar-refractivity contribution in [2.75, 3.05) is 18.0 Å². The largest absolute Gasteiger partial charge is 0.370 e. The monoisotopic (exact) mass is 306 g/mol. The average Bonchev–Trinajstić information content (AvgIpc) is 2.85. The molecule has 1 aromatic heterocycles. The summed E-state index contributed by atoms with van der Waals surface area (Å²) < 4.78 is 0. The van der Waals surface area contributed by atoms with Crippen molar-refractivity contribution in [3.63, 3.8) is 0 Å². The van der Waals surface area contributed by atoms with Crippen LogP contribution in [-0.4, -0.2) is 18.1 Å². The van der Waals surface area contributed by atoms with E-state index in [0.29, 0.717) is 11.8 Å². The zero-order chi connectivity index (χ0) is 15.4. The van der Waals surface area contributed by atoms with Crippen LogP contribution in [0.3, 0.4) is 0 Å². The van der Waals surface area contributed by atoms with Gasteiger partial charge in [0, 0.05) is 29.7 Å². The Morgan fingerprint density at radius 1 is 1.05 bits per heavy atom. The first-order chi connectivity index (χ1) is 9.97. The van der Waals surface area contributed by atoms with Crippen LogP contribution < -0.4 is 4.90 Å². The van der Waals surface area contributed by atoms with Crippen molar-refractivity contribution in [1.29, 1.82) is 0 Å². The molecule has 0 aliphatic carbocycles. The van der Waals surface area contributed by atoms with Gasteiger partial charge in [-0.1, -0.05) is 39.3 Å². The van der Waals surface area contributed by atoms with Crippen LogP contribution in [-0.2, 0) is 0 Å². The second-order valence-electron chi connectivity index (χ2n) is 6.72. The van der Waals surface area contributed by atoms with Crippen LogP contribution in [0.5, 0.6) is 0 Å². The molecule has 0 unspecified atom stereocenters. The molecule has 2 aromatic rings. The van der Waals surface area contributed by atoms with Gasteiger partial charge in [0.2, 0.25) is 0 Å². The summed E-state index contributed by atoms with van der Waals surface area (Å²) in [5.74, 6) is 1.43. The molecule has 0 fully saturated rings. The Morgan fingerprint density at radius 3 is 2.24 bits per heavy atom. The van der Waals surface area contributed by atoms with E-state index >= 15 is 0 Å². The van der Waals surface area contributed by atoms with Gasteiger partial charge in [0.25, 0.3) is 0 Å². The molecule has 1 aromatic carbocycles. The number of hydrogen-bond acceptors (Lipinski definition) is 1. The van der Waals surface area contributed by atoms with E-state index < -0.39 is 0 Å². The summed E-state index contributed by atoms with van der Waals surface area (Å²) in [6.45, 7) is 11.3. The maximum Gasteiger partial charge on any atom is 0.0692 e. The zero-order valence-electron chi connectivity index (χ0n) is 13.6. The van der Waals surface area contributed by atoms with E-state index in [9.17, 15) is 0 Å². The van der Waals surface area contributed by atoms with Crippen molar-refractivity contribution in [3.05, 3.63) is 29.4 Å². The average molecular weight is 307 g/mol. The lowest BCUT2D eigenvalue weighted by molar-refractivity contribution is 0.536. The fourth-order valence-electron chi connectivity index (χ4n) is 2.55. The lowest BCUT2D eigenvalue weighted by Gasteiger charge is -2.27. The fourth-order valence-corrected chi connectivity index (χ4v) is 2.77. The normalized spacial score (nSPS) is 11.8. The van der Waals surface area contributed by atoms with E-state index in [1.165, 1.54) is 29.4 Å². The lowest BCUT2D eigenvalue weighted by atomic mass is 10.1. The number of H-pyrrole nitrogens is 1. The quantitative estimate of drug-likeness (QED) is 0.693. The summed E-state index contributed by atoms with van der Waals surface area (Å²) in [6, 6.07) is 6.22. The van der Waals surface area contributed by atoms with Crippen LogP contribution in [0, 0.1) is 11.8 Å². The summed E-state index contributed by atoms with van der Waals surface area (Å²) in [4.78, 5) is 5.86. The van der Waals surface area contributed by atoms with Crippen molar-refractivity contribution in [3.8, 4) is 0 Å². The first-order valence-corrected chi connectivity index (χ1v) is 8.36. The molecule has 0 bridgehead atoms. The molecule has 1 heterocycles. The van der Waals surface area contributed by atoms with E-state index in [-0.39, 0.29) is 0 Å². The Bertz CT molecular complexity index is 560. The van der Waals surface area contributed by atoms with Crippen molar-refractivity contribution in [2.24, 2.45) is 11.8 Å². The number of nitrogens with one attached hydrogen (secondary N) is 1. The van der Waals surface area contributed by atoms with Crippen molar-refractivity contribution in [1.82, 2.24) is 4.98 Å². The van der Waals surface area contributed by atoms with Gasteiger partial charge in [0.1, 0.15) is 0 Å². The maximum atomic E-state index is 6.31. The van der Waals surface area contributed by atoms with Gasteiger partial charge in [-0.3, -0.25) is 0 Å². The number of aromatic nitrogens is 1. The number of benzene rings is 1. The summed E-state index contributed by atoms with van der Waals surface area (Å²) in [6.07, 6.45) is 4.40. The molecule has 0 aliphatic rings. The van der Waals surface area contributed by atoms with Crippen molar-refractivity contribution >= 4 is 28.2 Å². The smallest absolute Gasteiger partial charge is 0.0692 e. The lowest BCUT2D eigenvalue weighted by Crippen LogP contribution is -2.27. The standard InChI is InChI=1S/C18H27ClN2/c1-13(2)6-9-21(10-7-14(3)4)17-12-16(19)11-15-5-8-20-18(15)17/h5,8,11-14,20H,6-7,9-10H2,1-4H3. The summed E-state index contributed by atoms with van der Waals surface area (Å²) in [5.41, 5.74) is 2.44. The second-order valence-corrected chi connectivity index (χ2v) is 7.16. The van der Waals surface area contributed by atoms with Gasteiger partial charge in [0.05, 0.1) is 11.2 Å². The van der Waals surface area contributed by atoms with Crippen LogP contribution in [0.15, 0.2) is 24.4 Å². The minimum absolute atomic E-state index is 0.713. The highest BCUT2D eigenvalue weighted by molar-refractivity contribution is 6.31. The number of hydrogen-bond donors (Lipinski definition) is 1. The third-order valence-electron chi connectivity index (χ3n) is 3.90. The molecule has 116 valence electrons. The Labute approximate surface area is 133 Å². The number of aromatic amines is 1. The van der Waals surface area contributed by atoms with Crippen molar-refractivity contribution < 1.29 is 0 Å². The molecule has 1 N–H and O–H groups in total. The third kappa shape index (κ3) is 4.41. The number of halogens is 1. The SMILES string of the molecule is CC(C)CCN(CCC(C)C)c1cc(Cl)cc2cc[nH]c12. The first kappa shape index (κ1) is 16.2. The van der Waals surface area contributed by atoms with E-state index in [1.807, 2.05) is 12.3 Å². The highest BCUT2D eigenvalue weighted by atomic mass is 35.5. The molecule has 0 aliphatic heterocycles. The van der Waals surface area contributed by atoms with Gasteiger partial charge in [-0.05, 0) is 42.9 Å². The van der Waals surface area contributed by atoms with E-state index in [1.54, 1.807) is 0 Å². The Hall–Kier alpha value is -1.15. The molecular weight excluding hydrogens is 280 g/mol. The fraction of sp³-hybridized carbons (Fsp3) is 0.556. The van der Waals surface area contributed by atoms with Crippen LogP contribution in [0.25, 0.3) is 10.9 Å². The Morgan fingerprint density at radius 2 is 1.67 bits per heavy atom. The van der Waals surface area contributed by atoms with E-state index in [2.05, 4.69) is 49.7 Å². The molecule has 0 atom stereocenters. The Kier molecular flexibility index (Phi) is 5.58. The first-order valence-electron chi connectivity index (χ1n) is 7.99. The number of rotatable bonds is 7. The third-order valence-corrected chi connectivity index (χ3v) is 4.12. The number of nitrogens with zero attached hydrogens (tertiary/aromatic N) is 1. The summed E-state index contributed by atoms with van der Waals surface area (Å²) in [7, 11) is 0. The molecule has 3 heteroatoms. The van der Waals surface area contributed by atoms with Gasteiger partial charge in [-0.25, -0.2) is 0 Å². The summed E-state index contributed by atoms with van der Waals surface area (Å²) in [5, 5.41) is 2.01. The molecular formula is C18H27ClN2. The zero-order valence-corrected chi connectivity index (χ0v) is 14.4. The summed E-state index contributed by atoms with van der Waals surface area (Å²) >= 11 is 6.31. The van der Waals surface area contributed by atoms with Gasteiger partial charge >= 0.3 is 0 Å². The predicted octanol–water partition coefficient (Wildman–Crippen LogP) is 5.72. The molecule has 21 heavy (non-hydrogen) atoms. The molecule has 0 saturated heterocycles. The molecule has 0 saturated carbocycles. The number of anilines is 1. The number of fused-ring (bicyclic) bond motifs is 1. The van der Waals surface area contributed by atoms with E-state index in [0.717, 1.165) is 18.1 Å². The predicted molar refractivity (Wildman–Crippen MR) is 94.4 cm³/mol. The molecule has 2 rings (SSSR count). The molecule has 0 spiro atoms. The van der Waals surface area contributed by atoms with Crippen LogP contribution >= 0.6 is 11.6 Å². The highest BCUT2D eigenvalue weighted by Gasteiger charge is 2.13. The molecule has 2 nitrogen and oxygen atoms in total. The van der Waals surface area contributed by atoms with Gasteiger partial charge < -0.3 is 9.88 Å². The van der Waals surface area contributed by atoms with Gasteiger partial charge in [0.15, 0.2) is 0 Å². The van der Waals surface area contributed by atoms with E-state index in [4.69, 9.17) is 11.6 Å². The second kappa shape index (κ2) is 7.22. The Balaban J connectivity index is 2.29. The molecule has 0 radical (unpaired) electrons. The maximum absolute atomic E-state index is 6.31. The minimum atomic E-state index is 0.713. The molecule has 0 amide bonds. The van der Waals surface area contributed by atoms with Crippen LogP contribution in [0.1, 0.15) is 40.5 Å². The van der Waals surface area contributed by atoms with Gasteiger partial charge in [-0.15, -0.1) is 0 Å². The van der Waals surface area contributed by atoms with Crippen molar-refractivity contribution in [2.45, 2.75) is 40.5 Å². The van der Waals surface area contributed by atoms with Gasteiger partial charge in [-0.2, -0.15) is 0 Å². The van der Waals surface area contributed by atoms with Crippen LogP contribution in [0.4, 0.5) is 5.69 Å². The van der Waals surface area contributed by atoms with Crippen LogP contribution in [0.2, 0.25) is 5.02 Å². The topological polar surface area (TPSA) is 19.0 Å². The minimum Gasteiger partial charge on any atom is -0.370 e.